The van der Waals surface area contributed by atoms with Crippen LogP contribution in [0.3, 0.4) is 0 Å². The minimum Gasteiger partial charge on any atom is -0.481 e. The van der Waals surface area contributed by atoms with Gasteiger partial charge < -0.3 is 10.4 Å². The van der Waals surface area contributed by atoms with Gasteiger partial charge in [0.1, 0.15) is 0 Å². The summed E-state index contributed by atoms with van der Waals surface area (Å²) in [6.07, 6.45) is 3.31. The minimum atomic E-state index is -0.737. The van der Waals surface area contributed by atoms with E-state index in [0.717, 1.165) is 12.2 Å². The van der Waals surface area contributed by atoms with Gasteiger partial charge in [-0.25, -0.2) is 0 Å². The van der Waals surface area contributed by atoms with Crippen LogP contribution >= 0.6 is 11.8 Å². The van der Waals surface area contributed by atoms with Crippen molar-refractivity contribution in [1.82, 2.24) is 5.32 Å². The smallest absolute Gasteiger partial charge is 0.304 e. The number of carboxylic acids is 1. The van der Waals surface area contributed by atoms with Gasteiger partial charge in [0.05, 0.1) is 6.42 Å². The number of carboxylic acid groups (broad SMARTS) is 1. The monoisotopic (exact) mass is 205 g/mol. The number of rotatable bonds is 7. The fourth-order valence-electron chi connectivity index (χ4n) is 1.21. The normalized spacial score (nSPS) is 15.3. The molecule has 0 heterocycles. The highest BCUT2D eigenvalue weighted by Gasteiger charge is 2.11. The number of hydrogen-bond donors (Lipinski definition) is 2. The van der Waals surface area contributed by atoms with E-state index in [9.17, 15) is 4.79 Å². The van der Waals surface area contributed by atoms with Crippen LogP contribution < -0.4 is 5.32 Å². The highest BCUT2D eigenvalue weighted by atomic mass is 32.2. The summed E-state index contributed by atoms with van der Waals surface area (Å²) in [7, 11) is 0. The molecule has 0 aromatic heterocycles. The first kappa shape index (κ1) is 12.8. The lowest BCUT2D eigenvalue weighted by atomic mass is 10.2. The zero-order chi connectivity index (χ0) is 10.3. The first-order chi connectivity index (χ1) is 6.10. The molecule has 0 bridgehead atoms. The fraction of sp³-hybridized carbons (Fsp3) is 0.889. The van der Waals surface area contributed by atoms with Gasteiger partial charge in [0, 0.05) is 17.8 Å². The Morgan fingerprint density at radius 3 is 2.62 bits per heavy atom. The lowest BCUT2D eigenvalue weighted by Gasteiger charge is -2.20. The van der Waals surface area contributed by atoms with Crippen LogP contribution in [-0.2, 0) is 4.79 Å². The number of carbonyl (C=O) groups is 1. The second-order valence-corrected chi connectivity index (χ2v) is 4.14. The molecule has 0 radical (unpaired) electrons. The maximum atomic E-state index is 10.4. The molecule has 0 fully saturated rings. The van der Waals surface area contributed by atoms with Crippen molar-refractivity contribution in [3.05, 3.63) is 0 Å². The van der Waals surface area contributed by atoms with Crippen molar-refractivity contribution in [1.29, 1.82) is 0 Å². The quantitative estimate of drug-likeness (QED) is 0.662. The topological polar surface area (TPSA) is 49.3 Å². The standard InChI is InChI=1S/C9H19NO2S/c1-4-8(6-13-3)10-7(2)5-9(11)12/h7-8,10H,4-6H2,1-3H3,(H,11,12). The Hall–Kier alpha value is -0.220. The van der Waals surface area contributed by atoms with Crippen LogP contribution in [0.4, 0.5) is 0 Å². The SMILES string of the molecule is CCC(CSC)NC(C)CC(=O)O. The van der Waals surface area contributed by atoms with E-state index < -0.39 is 5.97 Å². The van der Waals surface area contributed by atoms with Crippen molar-refractivity contribution in [2.75, 3.05) is 12.0 Å². The first-order valence-corrected chi connectivity index (χ1v) is 5.96. The summed E-state index contributed by atoms with van der Waals surface area (Å²) in [6, 6.07) is 0.499. The maximum Gasteiger partial charge on any atom is 0.304 e. The molecule has 0 saturated carbocycles. The summed E-state index contributed by atoms with van der Waals surface area (Å²) in [6.45, 7) is 4.03. The molecule has 0 amide bonds. The first-order valence-electron chi connectivity index (χ1n) is 4.56. The molecule has 0 rings (SSSR count). The summed E-state index contributed by atoms with van der Waals surface area (Å²) >= 11 is 1.79. The Balaban J connectivity index is 3.72. The van der Waals surface area contributed by atoms with Gasteiger partial charge in [0.25, 0.3) is 0 Å². The van der Waals surface area contributed by atoms with Crippen LogP contribution in [0.5, 0.6) is 0 Å². The van der Waals surface area contributed by atoms with Crippen LogP contribution in [0.15, 0.2) is 0 Å². The van der Waals surface area contributed by atoms with Crippen LogP contribution in [0.1, 0.15) is 26.7 Å². The van der Waals surface area contributed by atoms with Gasteiger partial charge in [0.15, 0.2) is 0 Å². The summed E-state index contributed by atoms with van der Waals surface area (Å²) < 4.78 is 0. The molecule has 13 heavy (non-hydrogen) atoms. The van der Waals surface area contributed by atoms with E-state index in [2.05, 4.69) is 18.5 Å². The third kappa shape index (κ3) is 6.90. The molecule has 78 valence electrons. The highest BCUT2D eigenvalue weighted by molar-refractivity contribution is 7.98. The van der Waals surface area contributed by atoms with Gasteiger partial charge in [-0.3, -0.25) is 4.79 Å². The third-order valence-corrected chi connectivity index (χ3v) is 2.60. The number of nitrogens with one attached hydrogen (secondary N) is 1. The van der Waals surface area contributed by atoms with E-state index in [1.807, 2.05) is 6.92 Å². The average Bonchev–Trinajstić information content (AvgIpc) is 2.02. The van der Waals surface area contributed by atoms with E-state index >= 15 is 0 Å². The number of aliphatic carboxylic acids is 1. The van der Waals surface area contributed by atoms with Crippen LogP contribution in [0.25, 0.3) is 0 Å². The van der Waals surface area contributed by atoms with Crippen molar-refractivity contribution in [2.24, 2.45) is 0 Å². The summed E-state index contributed by atoms with van der Waals surface area (Å²) in [5.74, 6) is 0.305. The number of hydrogen-bond acceptors (Lipinski definition) is 3. The van der Waals surface area contributed by atoms with E-state index in [4.69, 9.17) is 5.11 Å². The van der Waals surface area contributed by atoms with Gasteiger partial charge in [-0.15, -0.1) is 0 Å². The average molecular weight is 205 g/mol. The van der Waals surface area contributed by atoms with Crippen LogP contribution in [-0.4, -0.2) is 35.2 Å². The van der Waals surface area contributed by atoms with Crippen molar-refractivity contribution >= 4 is 17.7 Å². The molecule has 2 atom stereocenters. The van der Waals surface area contributed by atoms with Gasteiger partial charge in [-0.1, -0.05) is 6.92 Å². The maximum absolute atomic E-state index is 10.4. The van der Waals surface area contributed by atoms with Gasteiger partial charge in [-0.2, -0.15) is 11.8 Å². The predicted octanol–water partition coefficient (Wildman–Crippen LogP) is 1.58. The van der Waals surface area contributed by atoms with Crippen molar-refractivity contribution in [3.8, 4) is 0 Å². The molecule has 2 N–H and O–H groups in total. The Labute approximate surface area is 84.3 Å². The number of thioether (sulfide) groups is 1. The molecule has 0 saturated heterocycles. The largest absolute Gasteiger partial charge is 0.481 e. The zero-order valence-electron chi connectivity index (χ0n) is 8.54. The van der Waals surface area contributed by atoms with Crippen LogP contribution in [0.2, 0.25) is 0 Å². The molecule has 4 heteroatoms. The van der Waals surface area contributed by atoms with E-state index in [1.165, 1.54) is 0 Å². The molecule has 0 aliphatic rings. The molecule has 2 unspecified atom stereocenters. The second-order valence-electron chi connectivity index (χ2n) is 3.23. The predicted molar refractivity (Wildman–Crippen MR) is 57.3 cm³/mol. The van der Waals surface area contributed by atoms with Crippen molar-refractivity contribution in [2.45, 2.75) is 38.8 Å². The Morgan fingerprint density at radius 1 is 1.62 bits per heavy atom. The Morgan fingerprint density at radius 2 is 2.23 bits per heavy atom. The fourth-order valence-corrected chi connectivity index (χ4v) is 1.94. The summed E-state index contributed by atoms with van der Waals surface area (Å²) in [5.41, 5.74) is 0. The molecule has 0 aliphatic carbocycles. The van der Waals surface area contributed by atoms with Gasteiger partial charge >= 0.3 is 5.97 Å². The molecular weight excluding hydrogens is 186 g/mol. The zero-order valence-corrected chi connectivity index (χ0v) is 9.36. The Kier molecular flexibility index (Phi) is 7.09. The van der Waals surface area contributed by atoms with Gasteiger partial charge in [0.2, 0.25) is 0 Å². The Bertz CT molecular complexity index is 153. The molecule has 0 spiro atoms. The lowest BCUT2D eigenvalue weighted by molar-refractivity contribution is -0.137. The minimum absolute atomic E-state index is 0.0644. The summed E-state index contributed by atoms with van der Waals surface area (Å²) in [4.78, 5) is 10.4. The lowest BCUT2D eigenvalue weighted by Crippen LogP contribution is -2.38. The molecule has 0 aromatic rings. The van der Waals surface area contributed by atoms with E-state index in [0.29, 0.717) is 6.04 Å². The van der Waals surface area contributed by atoms with Crippen molar-refractivity contribution in [3.63, 3.8) is 0 Å². The highest BCUT2D eigenvalue weighted by Crippen LogP contribution is 2.03. The van der Waals surface area contributed by atoms with Crippen LogP contribution in [0, 0.1) is 0 Å². The molecule has 0 aromatic carbocycles. The molecular formula is C9H19NO2S. The third-order valence-electron chi connectivity index (χ3n) is 1.86. The van der Waals surface area contributed by atoms with Gasteiger partial charge in [-0.05, 0) is 19.6 Å². The van der Waals surface area contributed by atoms with E-state index in [-0.39, 0.29) is 12.5 Å². The van der Waals surface area contributed by atoms with E-state index in [1.54, 1.807) is 11.8 Å². The van der Waals surface area contributed by atoms with Crippen molar-refractivity contribution < 1.29 is 9.90 Å². The molecule has 0 aliphatic heterocycles. The summed E-state index contributed by atoms with van der Waals surface area (Å²) in [5, 5.41) is 11.9. The molecule has 3 nitrogen and oxygen atoms in total. The second kappa shape index (κ2) is 7.21.